The number of ketones is 2. The number of hydrogen-bond acceptors (Lipinski definition) is 9. The van der Waals surface area contributed by atoms with E-state index in [-0.39, 0.29) is 36.4 Å². The maximum Gasteiger partial charge on any atom is 0.329 e. The number of amides is 1. The highest BCUT2D eigenvalue weighted by Crippen LogP contribution is 2.67. The van der Waals surface area contributed by atoms with Crippen LogP contribution in [0.25, 0.3) is 0 Å². The Kier molecular flexibility index (Phi) is 8.91. The van der Waals surface area contributed by atoms with Gasteiger partial charge < -0.3 is 30.5 Å². The van der Waals surface area contributed by atoms with E-state index in [2.05, 4.69) is 5.32 Å². The Morgan fingerprint density at radius 3 is 2.49 bits per heavy atom. The summed E-state index contributed by atoms with van der Waals surface area (Å²) < 4.78 is 5.15. The average Bonchev–Trinajstić information content (AvgIpc) is 3.28. The van der Waals surface area contributed by atoms with Crippen LogP contribution >= 0.6 is 0 Å². The van der Waals surface area contributed by atoms with E-state index in [0.29, 0.717) is 18.4 Å². The number of carboxylic acid groups (broad SMARTS) is 1. The summed E-state index contributed by atoms with van der Waals surface area (Å²) in [5.74, 6) is -4.04. The van der Waals surface area contributed by atoms with Gasteiger partial charge in [0.2, 0.25) is 11.7 Å². The number of carbonyl (C=O) groups is 5. The largest absolute Gasteiger partial charge is 0.480 e. The predicted molar refractivity (Wildman–Crippen MR) is 159 cm³/mol. The van der Waals surface area contributed by atoms with E-state index in [4.69, 9.17) is 4.74 Å². The van der Waals surface area contributed by atoms with Crippen molar-refractivity contribution >= 4 is 29.4 Å². The lowest BCUT2D eigenvalue weighted by molar-refractivity contribution is -0.181. The number of ether oxygens (including phenoxy) is 1. The molecule has 0 bridgehead atoms. The first-order valence-corrected chi connectivity index (χ1v) is 15.5. The first-order chi connectivity index (χ1) is 21.2. The molecule has 242 valence electrons. The van der Waals surface area contributed by atoms with Crippen LogP contribution in [0.3, 0.4) is 0 Å². The van der Waals surface area contributed by atoms with Gasteiger partial charge in [0.15, 0.2) is 18.4 Å². The number of allylic oxidation sites excluding steroid dienone is 4. The van der Waals surface area contributed by atoms with Crippen LogP contribution in [0.15, 0.2) is 54.1 Å². The monoisotopic (exact) mass is 623 g/mol. The summed E-state index contributed by atoms with van der Waals surface area (Å²) >= 11 is 0. The molecule has 1 amide bonds. The van der Waals surface area contributed by atoms with Gasteiger partial charge in [0.1, 0.15) is 11.7 Å². The van der Waals surface area contributed by atoms with Gasteiger partial charge in [0.05, 0.1) is 12.5 Å². The Labute approximate surface area is 261 Å². The van der Waals surface area contributed by atoms with Gasteiger partial charge in [-0.2, -0.15) is 0 Å². The van der Waals surface area contributed by atoms with Gasteiger partial charge in [-0.15, -0.1) is 0 Å². The highest BCUT2D eigenvalue weighted by molar-refractivity contribution is 6.01. The molecule has 0 saturated heterocycles. The summed E-state index contributed by atoms with van der Waals surface area (Å²) in [6, 6.07) is 6.34. The standard InChI is InChI=1S/C34H41NO10/c1-32-14-12-21(36)16-20(32)8-9-22-23-13-15-34(44,33(23,2)17-24(37)28(22)32)25(38)18-45-27(40)11-10-26(39)35-29(31(42)43)30(41)19-6-4-3-5-7-19/h3-7,12,14,16,22-24,28-30,37,41,44H,8-11,13,15,17-18H2,1-2H3,(H,35,39)(H,42,43)/t22-,23-,24-,28-,29-,30-,32-,33-,34-/m0/s1. The zero-order valence-corrected chi connectivity index (χ0v) is 25.5. The molecule has 0 aliphatic heterocycles. The molecule has 45 heavy (non-hydrogen) atoms. The SMILES string of the molecule is C[C@]12C=CC(=O)C=C1CC[C@@H]1[C@H]2[C@@H](O)C[C@@]2(C)[C@H]1CC[C@]2(O)C(=O)COC(=O)CCC(=O)N[C@H](C(=O)O)[C@@H](O)c1ccccc1. The third kappa shape index (κ3) is 5.77. The van der Waals surface area contributed by atoms with Crippen LogP contribution in [0.4, 0.5) is 0 Å². The van der Waals surface area contributed by atoms with Crippen molar-refractivity contribution in [1.29, 1.82) is 0 Å². The topological polar surface area (TPSA) is 188 Å². The van der Waals surface area contributed by atoms with Crippen molar-refractivity contribution in [2.24, 2.45) is 28.6 Å². The molecule has 1 aromatic rings. The summed E-state index contributed by atoms with van der Waals surface area (Å²) in [5, 5.41) is 45.5. The Hall–Kier alpha value is -3.67. The predicted octanol–water partition coefficient (Wildman–Crippen LogP) is 2.19. The maximum atomic E-state index is 13.5. The molecule has 0 spiro atoms. The fourth-order valence-corrected chi connectivity index (χ4v) is 8.71. The Balaban J connectivity index is 1.17. The molecule has 11 nitrogen and oxygen atoms in total. The van der Waals surface area contributed by atoms with Crippen LogP contribution < -0.4 is 5.32 Å². The molecule has 5 rings (SSSR count). The van der Waals surface area contributed by atoms with Crippen molar-refractivity contribution in [3.8, 4) is 0 Å². The van der Waals surface area contributed by atoms with Gasteiger partial charge in [-0.3, -0.25) is 19.2 Å². The number of aliphatic hydroxyl groups excluding tert-OH is 2. The zero-order chi connectivity index (χ0) is 32.7. The number of Topliss-reactive ketones (excluding diaryl/α,β-unsaturated/α-hetero) is 1. The van der Waals surface area contributed by atoms with Crippen molar-refractivity contribution < 1.29 is 49.1 Å². The number of hydrogen-bond donors (Lipinski definition) is 5. The lowest BCUT2D eigenvalue weighted by atomic mass is 9.46. The summed E-state index contributed by atoms with van der Waals surface area (Å²) in [6.07, 6.45) is 4.24. The molecule has 0 aromatic heterocycles. The molecule has 9 atom stereocenters. The average molecular weight is 624 g/mol. The molecule has 1 aromatic carbocycles. The highest BCUT2D eigenvalue weighted by Gasteiger charge is 2.68. The molecule has 4 aliphatic carbocycles. The van der Waals surface area contributed by atoms with Crippen molar-refractivity contribution in [3.05, 3.63) is 59.7 Å². The number of aliphatic hydroxyl groups is 3. The third-order valence-corrected chi connectivity index (χ3v) is 11.1. The number of fused-ring (bicyclic) bond motifs is 5. The summed E-state index contributed by atoms with van der Waals surface area (Å²) in [7, 11) is 0. The fraction of sp³-hybridized carbons (Fsp3) is 0.559. The Bertz CT molecular complexity index is 1440. The second-order valence-corrected chi connectivity index (χ2v) is 13.4. The lowest BCUT2D eigenvalue weighted by Crippen LogP contribution is -2.61. The van der Waals surface area contributed by atoms with E-state index in [1.165, 1.54) is 12.1 Å². The molecule has 0 heterocycles. The van der Waals surface area contributed by atoms with Gasteiger partial charge in [0.25, 0.3) is 0 Å². The third-order valence-electron chi connectivity index (χ3n) is 11.1. The number of aliphatic carboxylic acids is 1. The van der Waals surface area contributed by atoms with Crippen LogP contribution in [0.2, 0.25) is 0 Å². The van der Waals surface area contributed by atoms with Crippen molar-refractivity contribution in [2.45, 2.75) is 82.6 Å². The van der Waals surface area contributed by atoms with Crippen LogP contribution in [-0.4, -0.2) is 74.2 Å². The molecule has 0 unspecified atom stereocenters. The molecule has 5 N–H and O–H groups in total. The molecule has 4 aliphatic rings. The number of carboxylic acids is 1. The van der Waals surface area contributed by atoms with Crippen LogP contribution in [0.1, 0.15) is 70.5 Å². The Morgan fingerprint density at radius 1 is 1.09 bits per heavy atom. The first kappa shape index (κ1) is 32.7. The first-order valence-electron chi connectivity index (χ1n) is 15.5. The van der Waals surface area contributed by atoms with E-state index in [1.54, 1.807) is 30.4 Å². The maximum absolute atomic E-state index is 13.5. The fourth-order valence-electron chi connectivity index (χ4n) is 8.71. The minimum absolute atomic E-state index is 0.0247. The molecular formula is C34H41NO10. The second-order valence-electron chi connectivity index (χ2n) is 13.4. The van der Waals surface area contributed by atoms with Gasteiger partial charge in [-0.25, -0.2) is 4.79 Å². The van der Waals surface area contributed by atoms with Gasteiger partial charge in [-0.05, 0) is 61.7 Å². The normalized spacial score (nSPS) is 34.8. The minimum atomic E-state index is -1.82. The molecule has 11 heteroatoms. The molecule has 3 fully saturated rings. The molecule has 0 radical (unpaired) electrons. The number of esters is 1. The van der Waals surface area contributed by atoms with Gasteiger partial charge in [0, 0.05) is 23.2 Å². The van der Waals surface area contributed by atoms with Crippen LogP contribution in [0.5, 0.6) is 0 Å². The van der Waals surface area contributed by atoms with Gasteiger partial charge in [-0.1, -0.05) is 55.8 Å². The number of nitrogens with one attached hydrogen (secondary N) is 1. The van der Waals surface area contributed by atoms with E-state index in [9.17, 15) is 44.4 Å². The van der Waals surface area contributed by atoms with E-state index < -0.39 is 77.8 Å². The van der Waals surface area contributed by atoms with Crippen molar-refractivity contribution in [2.75, 3.05) is 6.61 Å². The zero-order valence-electron chi connectivity index (χ0n) is 25.5. The van der Waals surface area contributed by atoms with Gasteiger partial charge >= 0.3 is 11.9 Å². The number of rotatable bonds is 10. The molecular weight excluding hydrogens is 582 g/mol. The Morgan fingerprint density at radius 2 is 1.80 bits per heavy atom. The van der Waals surface area contributed by atoms with Crippen molar-refractivity contribution in [3.63, 3.8) is 0 Å². The summed E-state index contributed by atoms with van der Waals surface area (Å²) in [5.41, 5.74) is -1.94. The van der Waals surface area contributed by atoms with Crippen molar-refractivity contribution in [1.82, 2.24) is 5.32 Å². The second kappa shape index (κ2) is 12.3. The summed E-state index contributed by atoms with van der Waals surface area (Å²) in [6.45, 7) is 3.16. The molecule has 3 saturated carbocycles. The van der Waals surface area contributed by atoms with E-state index >= 15 is 0 Å². The smallest absolute Gasteiger partial charge is 0.329 e. The van der Waals surface area contributed by atoms with E-state index in [0.717, 1.165) is 12.0 Å². The highest BCUT2D eigenvalue weighted by atomic mass is 16.5. The van der Waals surface area contributed by atoms with Crippen LogP contribution in [-0.2, 0) is 28.7 Å². The summed E-state index contributed by atoms with van der Waals surface area (Å²) in [4.78, 5) is 62.1. The number of benzene rings is 1. The lowest BCUT2D eigenvalue weighted by Gasteiger charge is -2.59. The number of carbonyl (C=O) groups excluding carboxylic acids is 4. The quantitative estimate of drug-likeness (QED) is 0.242. The van der Waals surface area contributed by atoms with Crippen LogP contribution in [0, 0.1) is 28.6 Å². The minimum Gasteiger partial charge on any atom is -0.480 e. The van der Waals surface area contributed by atoms with E-state index in [1.807, 2.05) is 19.9 Å².